The van der Waals surface area contributed by atoms with Crippen LogP contribution in [-0.4, -0.2) is 64.9 Å². The van der Waals surface area contributed by atoms with Gasteiger partial charge in [0, 0.05) is 45.3 Å². The van der Waals surface area contributed by atoms with Crippen LogP contribution in [0.4, 0.5) is 5.82 Å². The van der Waals surface area contributed by atoms with E-state index in [4.69, 9.17) is 0 Å². The Bertz CT molecular complexity index is 785. The number of anilines is 1. The standard InChI is InChI=1S/C20H25N5O/c1-2-23-9-11-24(12-10-23)19-13-18(21-15-22-19)20(26)25-8-7-16-5-3-4-6-17(16)14-25/h3-6,13,15H,2,7-12,14H2,1H3. The molecular weight excluding hydrogens is 326 g/mol. The maximum atomic E-state index is 13.0. The van der Waals surface area contributed by atoms with Gasteiger partial charge in [0.2, 0.25) is 0 Å². The molecule has 2 aliphatic heterocycles. The van der Waals surface area contributed by atoms with E-state index in [-0.39, 0.29) is 5.91 Å². The Morgan fingerprint density at radius 3 is 2.58 bits per heavy atom. The van der Waals surface area contributed by atoms with Crippen molar-refractivity contribution in [3.8, 4) is 0 Å². The van der Waals surface area contributed by atoms with Gasteiger partial charge in [0.25, 0.3) is 5.91 Å². The molecule has 1 saturated heterocycles. The van der Waals surface area contributed by atoms with E-state index < -0.39 is 0 Å². The summed E-state index contributed by atoms with van der Waals surface area (Å²) in [5.41, 5.74) is 3.07. The lowest BCUT2D eigenvalue weighted by molar-refractivity contribution is 0.0728. The first-order valence-corrected chi connectivity index (χ1v) is 9.40. The molecule has 2 aromatic rings. The zero-order valence-electron chi connectivity index (χ0n) is 15.3. The highest BCUT2D eigenvalue weighted by Gasteiger charge is 2.24. The summed E-state index contributed by atoms with van der Waals surface area (Å²) in [6.45, 7) is 8.62. The first-order chi connectivity index (χ1) is 12.7. The Balaban J connectivity index is 1.47. The molecule has 0 N–H and O–H groups in total. The van der Waals surface area contributed by atoms with Crippen LogP contribution in [0.15, 0.2) is 36.7 Å². The highest BCUT2D eigenvalue weighted by atomic mass is 16.2. The van der Waals surface area contributed by atoms with Crippen molar-refractivity contribution in [2.75, 3.05) is 44.2 Å². The molecule has 4 rings (SSSR count). The predicted molar refractivity (Wildman–Crippen MR) is 101 cm³/mol. The summed E-state index contributed by atoms with van der Waals surface area (Å²) < 4.78 is 0. The van der Waals surface area contributed by atoms with Gasteiger partial charge < -0.3 is 14.7 Å². The van der Waals surface area contributed by atoms with Crippen molar-refractivity contribution in [2.24, 2.45) is 0 Å². The second kappa shape index (κ2) is 7.41. The maximum Gasteiger partial charge on any atom is 0.272 e. The molecule has 0 spiro atoms. The Kier molecular flexibility index (Phi) is 4.84. The predicted octanol–water partition coefficient (Wildman–Crippen LogP) is 1.82. The van der Waals surface area contributed by atoms with Gasteiger partial charge in [-0.1, -0.05) is 31.2 Å². The molecule has 0 saturated carbocycles. The number of nitrogens with zero attached hydrogens (tertiary/aromatic N) is 5. The smallest absolute Gasteiger partial charge is 0.272 e. The van der Waals surface area contributed by atoms with Crippen LogP contribution in [0.3, 0.4) is 0 Å². The molecule has 1 aromatic heterocycles. The van der Waals surface area contributed by atoms with Gasteiger partial charge in [0.05, 0.1) is 0 Å². The van der Waals surface area contributed by atoms with E-state index in [1.54, 1.807) is 0 Å². The molecular formula is C20H25N5O. The van der Waals surface area contributed by atoms with Crippen molar-refractivity contribution in [2.45, 2.75) is 19.9 Å². The van der Waals surface area contributed by atoms with E-state index >= 15 is 0 Å². The normalized spacial score (nSPS) is 17.9. The fourth-order valence-corrected chi connectivity index (χ4v) is 3.76. The Morgan fingerprint density at radius 2 is 1.81 bits per heavy atom. The fourth-order valence-electron chi connectivity index (χ4n) is 3.76. The van der Waals surface area contributed by atoms with E-state index in [0.717, 1.165) is 51.5 Å². The van der Waals surface area contributed by atoms with Crippen molar-refractivity contribution in [3.05, 3.63) is 53.5 Å². The highest BCUT2D eigenvalue weighted by Crippen LogP contribution is 2.21. The van der Waals surface area contributed by atoms with Gasteiger partial charge in [-0.25, -0.2) is 9.97 Å². The minimum absolute atomic E-state index is 0.00431. The van der Waals surface area contributed by atoms with E-state index in [1.165, 1.54) is 17.5 Å². The lowest BCUT2D eigenvalue weighted by atomic mass is 10.00. The Hall–Kier alpha value is -2.47. The number of hydrogen-bond acceptors (Lipinski definition) is 5. The summed E-state index contributed by atoms with van der Waals surface area (Å²) >= 11 is 0. The Morgan fingerprint density at radius 1 is 1.04 bits per heavy atom. The van der Waals surface area contributed by atoms with Gasteiger partial charge >= 0.3 is 0 Å². The first-order valence-electron chi connectivity index (χ1n) is 9.40. The first kappa shape index (κ1) is 17.0. The second-order valence-corrected chi connectivity index (χ2v) is 6.93. The molecule has 0 atom stereocenters. The van der Waals surface area contributed by atoms with E-state index in [9.17, 15) is 4.79 Å². The monoisotopic (exact) mass is 351 g/mol. The third-order valence-electron chi connectivity index (χ3n) is 5.43. The van der Waals surface area contributed by atoms with Crippen LogP contribution in [-0.2, 0) is 13.0 Å². The van der Waals surface area contributed by atoms with Crippen molar-refractivity contribution in [1.82, 2.24) is 19.8 Å². The quantitative estimate of drug-likeness (QED) is 0.844. The lowest BCUT2D eigenvalue weighted by Crippen LogP contribution is -2.46. The van der Waals surface area contributed by atoms with E-state index in [1.807, 2.05) is 17.0 Å². The van der Waals surface area contributed by atoms with Crippen LogP contribution in [0.1, 0.15) is 28.5 Å². The number of piperazine rings is 1. The molecule has 1 amide bonds. The summed E-state index contributed by atoms with van der Waals surface area (Å²) in [4.78, 5) is 28.2. The van der Waals surface area contributed by atoms with Crippen molar-refractivity contribution in [1.29, 1.82) is 0 Å². The van der Waals surface area contributed by atoms with Gasteiger partial charge in [0.1, 0.15) is 17.8 Å². The molecule has 0 bridgehead atoms. The third-order valence-corrected chi connectivity index (χ3v) is 5.43. The average molecular weight is 351 g/mol. The van der Waals surface area contributed by atoms with Gasteiger partial charge in [-0.15, -0.1) is 0 Å². The SMILES string of the molecule is CCN1CCN(c2cc(C(=O)N3CCc4ccccc4C3)ncn2)CC1. The summed E-state index contributed by atoms with van der Waals surface area (Å²) in [5, 5.41) is 0. The molecule has 136 valence electrons. The molecule has 1 aromatic carbocycles. The number of carbonyl (C=O) groups excluding carboxylic acids is 1. The van der Waals surface area contributed by atoms with Crippen molar-refractivity contribution >= 4 is 11.7 Å². The number of benzene rings is 1. The molecule has 0 aliphatic carbocycles. The molecule has 0 radical (unpaired) electrons. The van der Waals surface area contributed by atoms with Crippen LogP contribution in [0, 0.1) is 0 Å². The zero-order valence-corrected chi connectivity index (χ0v) is 15.3. The minimum atomic E-state index is -0.00431. The van der Waals surface area contributed by atoms with Crippen LogP contribution in [0.2, 0.25) is 0 Å². The molecule has 6 nitrogen and oxygen atoms in total. The number of likely N-dealkylation sites (N-methyl/N-ethyl adjacent to an activating group) is 1. The second-order valence-electron chi connectivity index (χ2n) is 6.93. The van der Waals surface area contributed by atoms with Gasteiger partial charge in [-0.3, -0.25) is 4.79 Å². The van der Waals surface area contributed by atoms with Crippen LogP contribution in [0.5, 0.6) is 0 Å². The number of amides is 1. The summed E-state index contributed by atoms with van der Waals surface area (Å²) in [5.74, 6) is 0.854. The molecule has 6 heteroatoms. The van der Waals surface area contributed by atoms with Gasteiger partial charge in [-0.05, 0) is 24.1 Å². The van der Waals surface area contributed by atoms with Crippen molar-refractivity contribution < 1.29 is 4.79 Å². The van der Waals surface area contributed by atoms with Gasteiger partial charge in [0.15, 0.2) is 0 Å². The maximum absolute atomic E-state index is 13.0. The minimum Gasteiger partial charge on any atom is -0.354 e. The van der Waals surface area contributed by atoms with E-state index in [0.29, 0.717) is 12.2 Å². The number of fused-ring (bicyclic) bond motifs is 1. The van der Waals surface area contributed by atoms with Gasteiger partial charge in [-0.2, -0.15) is 0 Å². The molecule has 2 aliphatic rings. The number of hydrogen-bond donors (Lipinski definition) is 0. The van der Waals surface area contributed by atoms with Crippen molar-refractivity contribution in [3.63, 3.8) is 0 Å². The zero-order chi connectivity index (χ0) is 17.9. The highest BCUT2D eigenvalue weighted by molar-refractivity contribution is 5.93. The fraction of sp³-hybridized carbons (Fsp3) is 0.450. The van der Waals surface area contributed by atoms with Crippen LogP contribution in [0.25, 0.3) is 0 Å². The van der Waals surface area contributed by atoms with E-state index in [2.05, 4.69) is 44.9 Å². The topological polar surface area (TPSA) is 52.6 Å². The number of rotatable bonds is 3. The molecule has 3 heterocycles. The third kappa shape index (κ3) is 3.42. The number of aromatic nitrogens is 2. The largest absolute Gasteiger partial charge is 0.354 e. The summed E-state index contributed by atoms with van der Waals surface area (Å²) in [7, 11) is 0. The average Bonchev–Trinajstić information content (AvgIpc) is 2.73. The Labute approximate surface area is 154 Å². The molecule has 0 unspecified atom stereocenters. The number of carbonyl (C=O) groups is 1. The van der Waals surface area contributed by atoms with Crippen LogP contribution < -0.4 is 4.90 Å². The summed E-state index contributed by atoms with van der Waals surface area (Å²) in [6, 6.07) is 10.2. The summed E-state index contributed by atoms with van der Waals surface area (Å²) in [6.07, 6.45) is 2.42. The molecule has 26 heavy (non-hydrogen) atoms. The molecule has 1 fully saturated rings. The lowest BCUT2D eigenvalue weighted by Gasteiger charge is -2.34. The van der Waals surface area contributed by atoms with Crippen LogP contribution >= 0.6 is 0 Å².